The normalized spacial score (nSPS) is 9.31. The smallest absolute Gasteiger partial charge is 0.411 e. The Morgan fingerprint density at radius 2 is 1.75 bits per heavy atom. The molecule has 0 aromatic heterocycles. The summed E-state index contributed by atoms with van der Waals surface area (Å²) in [6.45, 7) is 1.26. The van der Waals surface area contributed by atoms with Crippen LogP contribution in [-0.2, 0) is 4.79 Å². The van der Waals surface area contributed by atoms with Crippen molar-refractivity contribution in [2.45, 2.75) is 6.92 Å². The van der Waals surface area contributed by atoms with Gasteiger partial charge in [0.2, 0.25) is 0 Å². The van der Waals surface area contributed by atoms with Crippen molar-refractivity contribution in [1.29, 1.82) is 0 Å². The van der Waals surface area contributed by atoms with E-state index in [0.717, 1.165) is 0 Å². The predicted molar refractivity (Wildman–Crippen MR) is 53.2 cm³/mol. The van der Waals surface area contributed by atoms with E-state index in [0.29, 0.717) is 5.75 Å². The fraction of sp³-hybridized carbons (Fsp3) is 0.100. The van der Waals surface area contributed by atoms with Crippen molar-refractivity contribution in [2.75, 3.05) is 0 Å². The number of hydrogen-bond acceptors (Lipinski definition) is 4. The van der Waals surface area contributed by atoms with Crippen LogP contribution in [0.3, 0.4) is 0 Å². The van der Waals surface area contributed by atoms with Crippen LogP contribution in [0, 0.1) is 0 Å². The number of nitrogens with one attached hydrogen (secondary N) is 1. The number of carboxylic acid groups (broad SMARTS) is 1. The van der Waals surface area contributed by atoms with Crippen LogP contribution in [0.2, 0.25) is 0 Å². The highest BCUT2D eigenvalue weighted by molar-refractivity contribution is 6.02. The number of carbonyl (C=O) groups excluding carboxylic acids is 2. The number of rotatable bonds is 2. The Bertz CT molecular complexity index is 423. The maximum atomic E-state index is 11.2. The first kappa shape index (κ1) is 11.7. The molecule has 1 rings (SSSR count). The Morgan fingerprint density at radius 1 is 1.19 bits per heavy atom. The van der Waals surface area contributed by atoms with Crippen molar-refractivity contribution >= 4 is 18.0 Å². The molecule has 0 aliphatic heterocycles. The van der Waals surface area contributed by atoms with E-state index in [1.54, 1.807) is 5.32 Å². The Morgan fingerprint density at radius 3 is 2.19 bits per heavy atom. The zero-order valence-electron chi connectivity index (χ0n) is 8.39. The molecule has 0 aliphatic rings. The van der Waals surface area contributed by atoms with Crippen molar-refractivity contribution in [3.63, 3.8) is 0 Å². The average molecular weight is 223 g/mol. The van der Waals surface area contributed by atoms with Gasteiger partial charge in [-0.1, -0.05) is 0 Å². The van der Waals surface area contributed by atoms with Gasteiger partial charge in [0, 0.05) is 12.5 Å². The lowest BCUT2D eigenvalue weighted by molar-refractivity contribution is -0.131. The lowest BCUT2D eigenvalue weighted by Gasteiger charge is -2.02. The van der Waals surface area contributed by atoms with Gasteiger partial charge in [-0.05, 0) is 24.3 Å². The molecule has 0 atom stereocenters. The van der Waals surface area contributed by atoms with Crippen molar-refractivity contribution in [1.82, 2.24) is 5.32 Å². The van der Waals surface area contributed by atoms with E-state index in [4.69, 9.17) is 9.84 Å². The van der Waals surface area contributed by atoms with E-state index >= 15 is 0 Å². The van der Waals surface area contributed by atoms with Crippen LogP contribution in [0.25, 0.3) is 0 Å². The molecule has 2 amide bonds. The van der Waals surface area contributed by atoms with Gasteiger partial charge in [-0.3, -0.25) is 14.9 Å². The zero-order valence-corrected chi connectivity index (χ0v) is 8.39. The fourth-order valence-electron chi connectivity index (χ4n) is 1.01. The molecule has 0 unspecified atom stereocenters. The summed E-state index contributed by atoms with van der Waals surface area (Å²) < 4.78 is 4.74. The maximum absolute atomic E-state index is 11.2. The van der Waals surface area contributed by atoms with E-state index in [9.17, 15) is 14.4 Å². The topological polar surface area (TPSA) is 92.7 Å². The number of benzene rings is 1. The SMILES string of the molecule is CC(=O)Oc1ccc(C(=O)NC(=O)O)cc1. The fourth-order valence-corrected chi connectivity index (χ4v) is 1.01. The van der Waals surface area contributed by atoms with Crippen molar-refractivity contribution < 1.29 is 24.2 Å². The summed E-state index contributed by atoms with van der Waals surface area (Å²) in [7, 11) is 0. The Hall–Kier alpha value is -2.37. The summed E-state index contributed by atoms with van der Waals surface area (Å²) in [5.74, 6) is -0.913. The average Bonchev–Trinajstić information content (AvgIpc) is 2.16. The molecular formula is C10H9NO5. The van der Waals surface area contributed by atoms with Gasteiger partial charge < -0.3 is 9.84 Å². The number of imide groups is 1. The Labute approximate surface area is 90.8 Å². The minimum atomic E-state index is -1.42. The van der Waals surface area contributed by atoms with Gasteiger partial charge in [0.15, 0.2) is 0 Å². The van der Waals surface area contributed by atoms with Crippen LogP contribution >= 0.6 is 0 Å². The summed E-state index contributed by atoms with van der Waals surface area (Å²) in [5.41, 5.74) is 0.165. The van der Waals surface area contributed by atoms with Crippen LogP contribution < -0.4 is 10.1 Å². The summed E-state index contributed by atoms with van der Waals surface area (Å²) >= 11 is 0. The van der Waals surface area contributed by atoms with Gasteiger partial charge in [-0.2, -0.15) is 0 Å². The molecular weight excluding hydrogens is 214 g/mol. The second-order valence-corrected chi connectivity index (χ2v) is 2.88. The second-order valence-electron chi connectivity index (χ2n) is 2.88. The Balaban J connectivity index is 2.74. The van der Waals surface area contributed by atoms with Crippen molar-refractivity contribution in [3.8, 4) is 5.75 Å². The molecule has 6 nitrogen and oxygen atoms in total. The monoisotopic (exact) mass is 223 g/mol. The molecule has 0 spiro atoms. The third-order valence-electron chi connectivity index (χ3n) is 1.60. The van der Waals surface area contributed by atoms with Crippen LogP contribution in [0.1, 0.15) is 17.3 Å². The quantitative estimate of drug-likeness (QED) is 0.576. The number of hydrogen-bond donors (Lipinski definition) is 2. The van der Waals surface area contributed by atoms with Crippen LogP contribution in [-0.4, -0.2) is 23.1 Å². The molecule has 0 saturated heterocycles. The highest BCUT2D eigenvalue weighted by atomic mass is 16.5. The van der Waals surface area contributed by atoms with Gasteiger partial charge >= 0.3 is 12.1 Å². The van der Waals surface area contributed by atoms with Gasteiger partial charge in [0.25, 0.3) is 5.91 Å². The molecule has 0 saturated carbocycles. The summed E-state index contributed by atoms with van der Waals surface area (Å²) in [6, 6.07) is 5.52. The van der Waals surface area contributed by atoms with Gasteiger partial charge in [-0.15, -0.1) is 0 Å². The van der Waals surface area contributed by atoms with E-state index in [2.05, 4.69) is 0 Å². The van der Waals surface area contributed by atoms with E-state index in [1.165, 1.54) is 31.2 Å². The molecule has 0 aliphatic carbocycles. The third-order valence-corrected chi connectivity index (χ3v) is 1.60. The van der Waals surface area contributed by atoms with E-state index in [1.807, 2.05) is 0 Å². The number of amides is 2. The van der Waals surface area contributed by atoms with Crippen LogP contribution in [0.4, 0.5) is 4.79 Å². The molecule has 84 valence electrons. The minimum absolute atomic E-state index is 0.165. The summed E-state index contributed by atoms with van der Waals surface area (Å²) in [4.78, 5) is 32.0. The minimum Gasteiger partial charge on any atom is -0.465 e. The molecule has 0 radical (unpaired) electrons. The standard InChI is InChI=1S/C10H9NO5/c1-6(12)16-8-4-2-7(3-5-8)9(13)11-10(14)15/h2-5H,1H3,(H,11,13)(H,14,15). The van der Waals surface area contributed by atoms with Gasteiger partial charge in [-0.25, -0.2) is 4.79 Å². The molecule has 0 bridgehead atoms. The zero-order chi connectivity index (χ0) is 12.1. The number of ether oxygens (including phenoxy) is 1. The summed E-state index contributed by atoms with van der Waals surface area (Å²) in [5, 5.41) is 10.0. The molecule has 6 heteroatoms. The van der Waals surface area contributed by atoms with Gasteiger partial charge in [0.1, 0.15) is 5.75 Å². The van der Waals surface area contributed by atoms with Crippen LogP contribution in [0.5, 0.6) is 5.75 Å². The number of esters is 1. The van der Waals surface area contributed by atoms with E-state index < -0.39 is 18.0 Å². The number of carbonyl (C=O) groups is 3. The first-order chi connectivity index (χ1) is 7.49. The first-order valence-corrected chi connectivity index (χ1v) is 4.32. The van der Waals surface area contributed by atoms with Crippen molar-refractivity contribution in [3.05, 3.63) is 29.8 Å². The lowest BCUT2D eigenvalue weighted by Crippen LogP contribution is -2.28. The first-order valence-electron chi connectivity index (χ1n) is 4.32. The van der Waals surface area contributed by atoms with Crippen molar-refractivity contribution in [2.24, 2.45) is 0 Å². The van der Waals surface area contributed by atoms with E-state index in [-0.39, 0.29) is 5.56 Å². The largest absolute Gasteiger partial charge is 0.465 e. The van der Waals surface area contributed by atoms with Gasteiger partial charge in [0.05, 0.1) is 0 Å². The molecule has 0 fully saturated rings. The summed E-state index contributed by atoms with van der Waals surface area (Å²) in [6.07, 6.45) is -1.42. The molecule has 2 N–H and O–H groups in total. The Kier molecular flexibility index (Phi) is 3.60. The maximum Gasteiger partial charge on any atom is 0.411 e. The van der Waals surface area contributed by atoms with Crippen LogP contribution in [0.15, 0.2) is 24.3 Å². The molecule has 1 aromatic carbocycles. The second kappa shape index (κ2) is 4.92. The highest BCUT2D eigenvalue weighted by Gasteiger charge is 2.08. The lowest BCUT2D eigenvalue weighted by atomic mass is 10.2. The molecule has 0 heterocycles. The predicted octanol–water partition coefficient (Wildman–Crippen LogP) is 1.02. The molecule has 1 aromatic rings. The highest BCUT2D eigenvalue weighted by Crippen LogP contribution is 2.12. The third kappa shape index (κ3) is 3.41. The molecule has 16 heavy (non-hydrogen) atoms.